The SMILES string of the molecule is O=C(CSC1=NCC(c2ccccc2)=N1)c1ccc2c(c1)Cc1ccccc1-2. The molecule has 0 atom stereocenters. The van der Waals surface area contributed by atoms with Gasteiger partial charge in [0.15, 0.2) is 11.0 Å². The predicted molar refractivity (Wildman–Crippen MR) is 117 cm³/mol. The number of fused-ring (bicyclic) bond motifs is 3. The Balaban J connectivity index is 1.26. The van der Waals surface area contributed by atoms with Gasteiger partial charge in [-0.25, -0.2) is 4.99 Å². The molecule has 5 rings (SSSR count). The number of carbonyl (C=O) groups is 1. The summed E-state index contributed by atoms with van der Waals surface area (Å²) in [5.74, 6) is 0.477. The molecule has 0 radical (unpaired) electrons. The van der Waals surface area contributed by atoms with Gasteiger partial charge in [-0.1, -0.05) is 78.5 Å². The van der Waals surface area contributed by atoms with Gasteiger partial charge in [-0.05, 0) is 40.3 Å². The number of rotatable bonds is 4. The van der Waals surface area contributed by atoms with Gasteiger partial charge in [-0.2, -0.15) is 0 Å². The first-order valence-electron chi connectivity index (χ1n) is 9.32. The molecule has 0 unspecified atom stereocenters. The Bertz CT molecular complexity index is 1130. The Morgan fingerprint density at radius 2 is 1.68 bits per heavy atom. The van der Waals surface area contributed by atoms with Crippen molar-refractivity contribution >= 4 is 28.4 Å². The van der Waals surface area contributed by atoms with Gasteiger partial charge in [-0.15, -0.1) is 0 Å². The number of ketones is 1. The van der Waals surface area contributed by atoms with Gasteiger partial charge in [0.05, 0.1) is 18.0 Å². The lowest BCUT2D eigenvalue weighted by atomic mass is 10.0. The molecular formula is C24H18N2OS. The van der Waals surface area contributed by atoms with Crippen molar-refractivity contribution in [2.45, 2.75) is 6.42 Å². The van der Waals surface area contributed by atoms with Crippen molar-refractivity contribution in [3.8, 4) is 11.1 Å². The third-order valence-electron chi connectivity index (χ3n) is 5.15. The smallest absolute Gasteiger partial charge is 0.184 e. The highest BCUT2D eigenvalue weighted by Crippen LogP contribution is 2.36. The molecule has 0 N–H and O–H groups in total. The minimum Gasteiger partial charge on any atom is -0.293 e. The molecule has 3 aromatic rings. The average molecular weight is 382 g/mol. The van der Waals surface area contributed by atoms with E-state index >= 15 is 0 Å². The van der Waals surface area contributed by atoms with E-state index in [9.17, 15) is 4.79 Å². The maximum atomic E-state index is 12.7. The molecule has 0 spiro atoms. The van der Waals surface area contributed by atoms with Crippen LogP contribution < -0.4 is 0 Å². The summed E-state index contributed by atoms with van der Waals surface area (Å²) in [6.45, 7) is 0.581. The molecule has 28 heavy (non-hydrogen) atoms. The summed E-state index contributed by atoms with van der Waals surface area (Å²) in [5.41, 5.74) is 7.92. The highest BCUT2D eigenvalue weighted by atomic mass is 32.2. The van der Waals surface area contributed by atoms with Crippen LogP contribution in [0.1, 0.15) is 27.0 Å². The topological polar surface area (TPSA) is 41.8 Å². The molecular weight excluding hydrogens is 364 g/mol. The van der Waals surface area contributed by atoms with Crippen molar-refractivity contribution in [2.24, 2.45) is 9.98 Å². The molecule has 2 aliphatic rings. The third kappa shape index (κ3) is 3.20. The maximum Gasteiger partial charge on any atom is 0.184 e. The van der Waals surface area contributed by atoms with E-state index in [0.29, 0.717) is 17.5 Å². The number of benzene rings is 3. The maximum absolute atomic E-state index is 12.7. The first-order chi connectivity index (χ1) is 13.8. The number of carbonyl (C=O) groups excluding carboxylic acids is 1. The first-order valence-corrected chi connectivity index (χ1v) is 10.3. The molecule has 0 amide bonds. The van der Waals surface area contributed by atoms with E-state index in [1.165, 1.54) is 34.0 Å². The van der Waals surface area contributed by atoms with E-state index in [1.54, 1.807) is 0 Å². The number of hydrogen-bond donors (Lipinski definition) is 0. The van der Waals surface area contributed by atoms with E-state index in [4.69, 9.17) is 0 Å². The van der Waals surface area contributed by atoms with Crippen LogP contribution in [0.2, 0.25) is 0 Å². The molecule has 0 aromatic heterocycles. The summed E-state index contributed by atoms with van der Waals surface area (Å²) in [5, 5.41) is 0.695. The second-order valence-corrected chi connectivity index (χ2v) is 7.88. The molecule has 0 saturated carbocycles. The van der Waals surface area contributed by atoms with Gasteiger partial charge < -0.3 is 0 Å². The summed E-state index contributed by atoms with van der Waals surface area (Å²) in [7, 11) is 0. The van der Waals surface area contributed by atoms with Crippen LogP contribution >= 0.6 is 11.8 Å². The molecule has 0 bridgehead atoms. The Hall–Kier alpha value is -2.98. The van der Waals surface area contributed by atoms with Crippen LogP contribution in [-0.4, -0.2) is 29.0 Å². The van der Waals surface area contributed by atoms with Crippen LogP contribution in [0.5, 0.6) is 0 Å². The van der Waals surface area contributed by atoms with Crippen LogP contribution in [0.25, 0.3) is 11.1 Å². The Labute approximate surface area is 168 Å². The van der Waals surface area contributed by atoms with Crippen LogP contribution in [-0.2, 0) is 6.42 Å². The van der Waals surface area contributed by atoms with E-state index in [1.807, 2.05) is 42.5 Å². The minimum absolute atomic E-state index is 0.120. The van der Waals surface area contributed by atoms with Crippen molar-refractivity contribution in [3.63, 3.8) is 0 Å². The molecule has 4 heteroatoms. The third-order valence-corrected chi connectivity index (χ3v) is 6.03. The van der Waals surface area contributed by atoms with Crippen molar-refractivity contribution in [1.82, 2.24) is 0 Å². The van der Waals surface area contributed by atoms with Gasteiger partial charge in [0.25, 0.3) is 0 Å². The number of aliphatic imine (C=N–C) groups is 2. The van der Waals surface area contributed by atoms with Crippen molar-refractivity contribution in [1.29, 1.82) is 0 Å². The van der Waals surface area contributed by atoms with Gasteiger partial charge in [-0.3, -0.25) is 9.79 Å². The zero-order valence-electron chi connectivity index (χ0n) is 15.3. The monoisotopic (exact) mass is 382 g/mol. The summed E-state index contributed by atoms with van der Waals surface area (Å²) < 4.78 is 0. The normalized spacial score (nSPS) is 14.3. The molecule has 3 aromatic carbocycles. The van der Waals surface area contributed by atoms with E-state index in [2.05, 4.69) is 40.3 Å². The van der Waals surface area contributed by atoms with Crippen molar-refractivity contribution in [3.05, 3.63) is 95.1 Å². The number of nitrogens with zero attached hydrogens (tertiary/aromatic N) is 2. The second kappa shape index (κ2) is 7.21. The van der Waals surface area contributed by atoms with Crippen molar-refractivity contribution in [2.75, 3.05) is 12.3 Å². The minimum atomic E-state index is 0.120. The van der Waals surface area contributed by atoms with Crippen LogP contribution in [0.15, 0.2) is 82.8 Å². The average Bonchev–Trinajstić information content (AvgIpc) is 3.36. The predicted octanol–water partition coefficient (Wildman–Crippen LogP) is 5.03. The van der Waals surface area contributed by atoms with Gasteiger partial charge in [0.2, 0.25) is 0 Å². The fraction of sp³-hybridized carbons (Fsp3) is 0.125. The Kier molecular flexibility index (Phi) is 4.41. The highest BCUT2D eigenvalue weighted by molar-refractivity contribution is 8.14. The molecule has 0 fully saturated rings. The number of amidine groups is 1. The summed E-state index contributed by atoms with van der Waals surface area (Å²) in [6, 6.07) is 24.6. The molecule has 3 nitrogen and oxygen atoms in total. The molecule has 0 saturated heterocycles. The summed E-state index contributed by atoms with van der Waals surface area (Å²) in [6.07, 6.45) is 0.900. The highest BCUT2D eigenvalue weighted by Gasteiger charge is 2.20. The largest absolute Gasteiger partial charge is 0.293 e. The summed E-state index contributed by atoms with van der Waals surface area (Å²) in [4.78, 5) is 21.8. The van der Waals surface area contributed by atoms with Crippen LogP contribution in [0.4, 0.5) is 0 Å². The lowest BCUT2D eigenvalue weighted by molar-refractivity contribution is 0.102. The molecule has 1 heterocycles. The fourth-order valence-corrected chi connectivity index (χ4v) is 4.48. The lowest BCUT2D eigenvalue weighted by Gasteiger charge is -2.04. The molecule has 136 valence electrons. The van der Waals surface area contributed by atoms with E-state index in [-0.39, 0.29) is 5.78 Å². The van der Waals surface area contributed by atoms with Gasteiger partial charge in [0, 0.05) is 5.56 Å². The van der Waals surface area contributed by atoms with Crippen LogP contribution in [0.3, 0.4) is 0 Å². The van der Waals surface area contributed by atoms with Crippen molar-refractivity contribution < 1.29 is 4.79 Å². The second-order valence-electron chi connectivity index (χ2n) is 6.94. The van der Waals surface area contributed by atoms with E-state index < -0.39 is 0 Å². The zero-order chi connectivity index (χ0) is 18.9. The zero-order valence-corrected chi connectivity index (χ0v) is 16.1. The number of thioether (sulfide) groups is 1. The first kappa shape index (κ1) is 17.1. The quantitative estimate of drug-likeness (QED) is 0.464. The van der Waals surface area contributed by atoms with Gasteiger partial charge in [0.1, 0.15) is 0 Å². The lowest BCUT2D eigenvalue weighted by Crippen LogP contribution is -2.05. The standard InChI is InChI=1S/C24H18N2OS/c27-23(15-28-24-25-14-22(26-24)16-6-2-1-3-7-16)18-10-11-21-19(13-18)12-17-8-4-5-9-20(17)21/h1-11,13H,12,14-15H2. The Morgan fingerprint density at radius 3 is 2.57 bits per heavy atom. The van der Waals surface area contributed by atoms with E-state index in [0.717, 1.165) is 23.3 Å². The molecule has 1 aliphatic carbocycles. The van der Waals surface area contributed by atoms with Gasteiger partial charge >= 0.3 is 0 Å². The summed E-state index contributed by atoms with van der Waals surface area (Å²) >= 11 is 1.42. The number of Topliss-reactive ketones (excluding diaryl/α,β-unsaturated/α-hetero) is 1. The van der Waals surface area contributed by atoms with Crippen LogP contribution in [0, 0.1) is 0 Å². The Morgan fingerprint density at radius 1 is 0.893 bits per heavy atom. The number of hydrogen-bond acceptors (Lipinski definition) is 4. The fourth-order valence-electron chi connectivity index (χ4n) is 3.72. The molecule has 1 aliphatic heterocycles.